The van der Waals surface area contributed by atoms with Gasteiger partial charge in [-0.1, -0.05) is 30.3 Å². The first-order valence-corrected chi connectivity index (χ1v) is 8.49. The van der Waals surface area contributed by atoms with Crippen molar-refractivity contribution in [3.8, 4) is 5.75 Å². The second kappa shape index (κ2) is 9.71. The summed E-state index contributed by atoms with van der Waals surface area (Å²) in [5.41, 5.74) is 6.04. The maximum absolute atomic E-state index is 6.04. The SMILES string of the molecule is I.NC(=NCCCOc1ccc2ccccc2c1)N1CCCCC1. The first-order valence-electron chi connectivity index (χ1n) is 8.49. The molecule has 2 aromatic rings. The van der Waals surface area contributed by atoms with Gasteiger partial charge in [0, 0.05) is 26.1 Å². The van der Waals surface area contributed by atoms with Gasteiger partial charge in [-0.15, -0.1) is 24.0 Å². The molecule has 130 valence electrons. The van der Waals surface area contributed by atoms with Crippen LogP contribution in [0.15, 0.2) is 47.5 Å². The van der Waals surface area contributed by atoms with E-state index in [9.17, 15) is 0 Å². The van der Waals surface area contributed by atoms with Crippen LogP contribution in [-0.4, -0.2) is 37.1 Å². The van der Waals surface area contributed by atoms with E-state index in [4.69, 9.17) is 10.5 Å². The van der Waals surface area contributed by atoms with Gasteiger partial charge in [-0.05, 0) is 42.2 Å². The summed E-state index contributed by atoms with van der Waals surface area (Å²) in [5, 5.41) is 2.44. The molecule has 4 nitrogen and oxygen atoms in total. The number of halogens is 1. The number of ether oxygens (including phenoxy) is 1. The van der Waals surface area contributed by atoms with Crippen molar-refractivity contribution >= 4 is 40.7 Å². The first-order chi connectivity index (χ1) is 11.3. The normalized spacial score (nSPS) is 15.2. The highest BCUT2D eigenvalue weighted by Gasteiger charge is 2.11. The predicted octanol–water partition coefficient (Wildman–Crippen LogP) is 4.03. The molecular weight excluding hydrogens is 413 g/mol. The van der Waals surface area contributed by atoms with Crippen molar-refractivity contribution in [3.05, 3.63) is 42.5 Å². The molecule has 1 aliphatic rings. The van der Waals surface area contributed by atoms with Crippen LogP contribution in [0.3, 0.4) is 0 Å². The minimum atomic E-state index is 0. The fraction of sp³-hybridized carbons (Fsp3) is 0.421. The second-order valence-corrected chi connectivity index (χ2v) is 6.00. The molecule has 1 heterocycles. The Balaban J connectivity index is 0.00000208. The van der Waals surface area contributed by atoms with Crippen molar-refractivity contribution in [1.82, 2.24) is 4.90 Å². The number of nitrogens with two attached hydrogens (primary N) is 1. The predicted molar refractivity (Wildman–Crippen MR) is 111 cm³/mol. The van der Waals surface area contributed by atoms with E-state index in [0.29, 0.717) is 12.6 Å². The van der Waals surface area contributed by atoms with Gasteiger partial charge < -0.3 is 15.4 Å². The molecule has 0 radical (unpaired) electrons. The summed E-state index contributed by atoms with van der Waals surface area (Å²) in [6.45, 7) is 3.47. The molecule has 3 rings (SSSR count). The third kappa shape index (κ3) is 5.26. The van der Waals surface area contributed by atoms with Gasteiger partial charge in [0.05, 0.1) is 6.61 Å². The average molecular weight is 439 g/mol. The lowest BCUT2D eigenvalue weighted by atomic mass is 10.1. The van der Waals surface area contributed by atoms with Crippen molar-refractivity contribution in [2.45, 2.75) is 25.7 Å². The van der Waals surface area contributed by atoms with Gasteiger partial charge in [0.1, 0.15) is 5.75 Å². The van der Waals surface area contributed by atoms with Crippen LogP contribution >= 0.6 is 24.0 Å². The number of hydrogen-bond donors (Lipinski definition) is 1. The van der Waals surface area contributed by atoms with Crippen molar-refractivity contribution in [2.75, 3.05) is 26.2 Å². The highest BCUT2D eigenvalue weighted by atomic mass is 127. The highest BCUT2D eigenvalue weighted by molar-refractivity contribution is 14.0. The number of likely N-dealkylation sites (tertiary alicyclic amines) is 1. The Morgan fingerprint density at radius 2 is 1.79 bits per heavy atom. The molecule has 1 saturated heterocycles. The molecule has 1 aliphatic heterocycles. The molecule has 24 heavy (non-hydrogen) atoms. The lowest BCUT2D eigenvalue weighted by Gasteiger charge is -2.27. The third-order valence-corrected chi connectivity index (χ3v) is 4.25. The number of nitrogens with zero attached hydrogens (tertiary/aromatic N) is 2. The van der Waals surface area contributed by atoms with Gasteiger partial charge in [-0.2, -0.15) is 0 Å². The molecule has 0 bridgehead atoms. The van der Waals surface area contributed by atoms with Crippen LogP contribution in [0.1, 0.15) is 25.7 Å². The molecule has 2 N–H and O–H groups in total. The molecule has 1 fully saturated rings. The first kappa shape index (κ1) is 18.8. The van der Waals surface area contributed by atoms with Crippen LogP contribution in [0.5, 0.6) is 5.75 Å². The van der Waals surface area contributed by atoms with E-state index in [2.05, 4.69) is 34.2 Å². The fourth-order valence-corrected chi connectivity index (χ4v) is 2.93. The molecular formula is C19H26IN3O. The van der Waals surface area contributed by atoms with Crippen molar-refractivity contribution in [1.29, 1.82) is 0 Å². The molecule has 0 atom stereocenters. The minimum Gasteiger partial charge on any atom is -0.494 e. The van der Waals surface area contributed by atoms with Crippen LogP contribution in [0, 0.1) is 0 Å². The van der Waals surface area contributed by atoms with E-state index in [1.807, 2.05) is 18.2 Å². The van der Waals surface area contributed by atoms with Gasteiger partial charge in [-0.3, -0.25) is 4.99 Å². The molecule has 0 spiro atoms. The van der Waals surface area contributed by atoms with Gasteiger partial charge in [0.2, 0.25) is 0 Å². The molecule has 0 unspecified atom stereocenters. The van der Waals surface area contributed by atoms with E-state index in [-0.39, 0.29) is 24.0 Å². The highest BCUT2D eigenvalue weighted by Crippen LogP contribution is 2.20. The number of guanidine groups is 1. The number of benzene rings is 2. The summed E-state index contributed by atoms with van der Waals surface area (Å²) in [6.07, 6.45) is 4.63. The maximum atomic E-state index is 6.04. The summed E-state index contributed by atoms with van der Waals surface area (Å²) >= 11 is 0. The van der Waals surface area contributed by atoms with Crippen molar-refractivity contribution in [2.24, 2.45) is 10.7 Å². The molecule has 0 amide bonds. The smallest absolute Gasteiger partial charge is 0.191 e. The van der Waals surface area contributed by atoms with Crippen LogP contribution < -0.4 is 10.5 Å². The Hall–Kier alpha value is -1.50. The summed E-state index contributed by atoms with van der Waals surface area (Å²) in [5.74, 6) is 1.60. The van der Waals surface area contributed by atoms with Gasteiger partial charge in [0.15, 0.2) is 5.96 Å². The van der Waals surface area contributed by atoms with E-state index < -0.39 is 0 Å². The lowest BCUT2D eigenvalue weighted by Crippen LogP contribution is -2.40. The Morgan fingerprint density at radius 1 is 1.04 bits per heavy atom. The van der Waals surface area contributed by atoms with E-state index in [1.165, 1.54) is 30.0 Å². The molecule has 0 saturated carbocycles. The maximum Gasteiger partial charge on any atom is 0.191 e. The Labute approximate surface area is 161 Å². The van der Waals surface area contributed by atoms with Crippen LogP contribution in [-0.2, 0) is 0 Å². The molecule has 2 aromatic carbocycles. The van der Waals surface area contributed by atoms with E-state index in [1.54, 1.807) is 0 Å². The van der Waals surface area contributed by atoms with Gasteiger partial charge in [0.25, 0.3) is 0 Å². The van der Waals surface area contributed by atoms with Gasteiger partial charge >= 0.3 is 0 Å². The molecule has 0 aliphatic carbocycles. The monoisotopic (exact) mass is 439 g/mol. The topological polar surface area (TPSA) is 50.9 Å². The van der Waals surface area contributed by atoms with E-state index >= 15 is 0 Å². The lowest BCUT2D eigenvalue weighted by molar-refractivity contribution is 0.312. The molecule has 5 heteroatoms. The van der Waals surface area contributed by atoms with E-state index in [0.717, 1.165) is 31.8 Å². The van der Waals surface area contributed by atoms with Crippen molar-refractivity contribution in [3.63, 3.8) is 0 Å². The van der Waals surface area contributed by atoms with Crippen LogP contribution in [0.2, 0.25) is 0 Å². The largest absolute Gasteiger partial charge is 0.494 e. The zero-order valence-corrected chi connectivity index (χ0v) is 16.3. The fourth-order valence-electron chi connectivity index (χ4n) is 2.93. The minimum absolute atomic E-state index is 0. The number of hydrogen-bond acceptors (Lipinski definition) is 2. The Kier molecular flexibility index (Phi) is 7.62. The number of aliphatic imine (C=N–C) groups is 1. The average Bonchev–Trinajstić information content (AvgIpc) is 2.62. The van der Waals surface area contributed by atoms with Crippen molar-refractivity contribution < 1.29 is 4.74 Å². The summed E-state index contributed by atoms with van der Waals surface area (Å²) in [4.78, 5) is 6.66. The zero-order valence-electron chi connectivity index (χ0n) is 14.0. The number of rotatable bonds is 5. The quantitative estimate of drug-likeness (QED) is 0.331. The third-order valence-electron chi connectivity index (χ3n) is 4.25. The zero-order chi connectivity index (χ0) is 15.9. The Morgan fingerprint density at radius 3 is 2.58 bits per heavy atom. The summed E-state index contributed by atoms with van der Waals surface area (Å²) in [7, 11) is 0. The second-order valence-electron chi connectivity index (χ2n) is 6.00. The summed E-state index contributed by atoms with van der Waals surface area (Å²) in [6, 6.07) is 14.5. The van der Waals surface area contributed by atoms with Gasteiger partial charge in [-0.25, -0.2) is 0 Å². The number of fused-ring (bicyclic) bond motifs is 1. The molecule has 0 aromatic heterocycles. The van der Waals surface area contributed by atoms with Crippen LogP contribution in [0.4, 0.5) is 0 Å². The Bertz CT molecular complexity index is 668. The van der Waals surface area contributed by atoms with Crippen LogP contribution in [0.25, 0.3) is 10.8 Å². The summed E-state index contributed by atoms with van der Waals surface area (Å²) < 4.78 is 5.82. The standard InChI is InChI=1S/C19H25N3O.HI/c20-19(22-12-4-1-5-13-22)21-11-6-14-23-18-10-9-16-7-2-3-8-17(16)15-18;/h2-3,7-10,15H,1,4-6,11-14H2,(H2,20,21);1H. The number of piperidine rings is 1.